The van der Waals surface area contributed by atoms with Crippen LogP contribution in [-0.2, 0) is 4.74 Å². The van der Waals surface area contributed by atoms with Crippen LogP contribution >= 0.6 is 0 Å². The molecule has 2 atom stereocenters. The molecule has 0 N–H and O–H groups in total. The maximum Gasteiger partial charge on any atom is 0.201 e. The van der Waals surface area contributed by atoms with Crippen molar-refractivity contribution in [3.8, 4) is 39.8 Å². The summed E-state index contributed by atoms with van der Waals surface area (Å²) in [6.07, 6.45) is 8.27. The van der Waals surface area contributed by atoms with Gasteiger partial charge in [-0.1, -0.05) is 74.8 Å². The fourth-order valence-corrected chi connectivity index (χ4v) is 4.85. The molecule has 1 aliphatic heterocycles. The third-order valence-electron chi connectivity index (χ3n) is 7.04. The van der Waals surface area contributed by atoms with Crippen molar-refractivity contribution in [3.63, 3.8) is 0 Å². The summed E-state index contributed by atoms with van der Waals surface area (Å²) in [7, 11) is 0. The first-order valence-electron chi connectivity index (χ1n) is 13.6. The smallest absolute Gasteiger partial charge is 0.201 e. The Kier molecular flexibility index (Phi) is 9.90. The number of hydrogen-bond donors (Lipinski definition) is 0. The van der Waals surface area contributed by atoms with E-state index in [0.29, 0.717) is 28.2 Å². The first kappa shape index (κ1) is 27.8. The molecular formula is C33H35F3O2. The Bertz CT molecular complexity index is 1270. The Balaban J connectivity index is 1.38. The van der Waals surface area contributed by atoms with Gasteiger partial charge < -0.3 is 9.47 Å². The quantitative estimate of drug-likeness (QED) is 0.207. The molecule has 0 amide bonds. The molecule has 0 radical (unpaired) electrons. The van der Waals surface area contributed by atoms with Gasteiger partial charge in [-0.15, -0.1) is 0 Å². The maximum absolute atomic E-state index is 15.0. The van der Waals surface area contributed by atoms with Gasteiger partial charge in [0.15, 0.2) is 11.6 Å². The largest absolute Gasteiger partial charge is 0.491 e. The van der Waals surface area contributed by atoms with Gasteiger partial charge in [-0.25, -0.2) is 8.78 Å². The third-order valence-corrected chi connectivity index (χ3v) is 7.04. The number of hydrogen-bond acceptors (Lipinski definition) is 2. The molecule has 1 heterocycles. The molecule has 0 saturated carbocycles. The molecule has 2 nitrogen and oxygen atoms in total. The molecule has 2 unspecified atom stereocenters. The van der Waals surface area contributed by atoms with Gasteiger partial charge in [0.2, 0.25) is 5.82 Å². The lowest BCUT2D eigenvalue weighted by Crippen LogP contribution is -2.24. The molecule has 0 aromatic heterocycles. The van der Waals surface area contributed by atoms with E-state index in [4.69, 9.17) is 9.47 Å². The van der Waals surface area contributed by atoms with Crippen LogP contribution in [0.3, 0.4) is 0 Å². The first-order valence-corrected chi connectivity index (χ1v) is 13.6. The van der Waals surface area contributed by atoms with Crippen LogP contribution < -0.4 is 4.74 Å². The third kappa shape index (κ3) is 6.99. The summed E-state index contributed by atoms with van der Waals surface area (Å²) < 4.78 is 54.9. The second-order valence-corrected chi connectivity index (χ2v) is 9.83. The van der Waals surface area contributed by atoms with Crippen molar-refractivity contribution in [2.24, 2.45) is 5.92 Å². The average Bonchev–Trinajstić information content (AvgIpc) is 2.94. The number of benzene rings is 3. The van der Waals surface area contributed by atoms with Crippen LogP contribution in [0.4, 0.5) is 13.2 Å². The Morgan fingerprint density at radius 1 is 0.842 bits per heavy atom. The maximum atomic E-state index is 15.0. The van der Waals surface area contributed by atoms with E-state index >= 15 is 0 Å². The lowest BCUT2D eigenvalue weighted by Gasteiger charge is -2.26. The van der Waals surface area contributed by atoms with Crippen LogP contribution in [-0.4, -0.2) is 19.3 Å². The number of ether oxygens (including phenoxy) is 2. The molecule has 3 aromatic rings. The first-order chi connectivity index (χ1) is 18.5. The molecule has 1 fully saturated rings. The molecule has 4 rings (SSSR count). The van der Waals surface area contributed by atoms with Crippen molar-refractivity contribution in [1.29, 1.82) is 0 Å². The SMILES string of the molecule is CCCCCCC1CCC(C#Cc2ccc(-c3ccc(-c4ccc(OCC)c(F)c4F)cc3)c(F)c2)OC1. The highest BCUT2D eigenvalue weighted by molar-refractivity contribution is 5.72. The van der Waals surface area contributed by atoms with Gasteiger partial charge in [0, 0.05) is 16.7 Å². The van der Waals surface area contributed by atoms with Crippen LogP contribution in [0.1, 0.15) is 64.4 Å². The van der Waals surface area contributed by atoms with E-state index < -0.39 is 11.6 Å². The summed E-state index contributed by atoms with van der Waals surface area (Å²) in [4.78, 5) is 0. The van der Waals surface area contributed by atoms with Crippen molar-refractivity contribution in [1.82, 2.24) is 0 Å². The lowest BCUT2D eigenvalue weighted by molar-refractivity contribution is 0.0129. The monoisotopic (exact) mass is 520 g/mol. The van der Waals surface area contributed by atoms with E-state index in [2.05, 4.69) is 18.8 Å². The van der Waals surface area contributed by atoms with E-state index in [1.54, 1.807) is 43.3 Å². The van der Waals surface area contributed by atoms with Crippen LogP contribution in [0.25, 0.3) is 22.3 Å². The Labute approximate surface area is 224 Å². The van der Waals surface area contributed by atoms with E-state index in [1.165, 1.54) is 50.3 Å². The Morgan fingerprint density at radius 3 is 2.24 bits per heavy atom. The predicted octanol–water partition coefficient (Wildman–Crippen LogP) is 8.95. The Morgan fingerprint density at radius 2 is 1.58 bits per heavy atom. The average molecular weight is 521 g/mol. The second kappa shape index (κ2) is 13.5. The van der Waals surface area contributed by atoms with Gasteiger partial charge in [0.25, 0.3) is 0 Å². The summed E-state index contributed by atoms with van der Waals surface area (Å²) in [5.74, 6) is 4.35. The molecular weight excluding hydrogens is 485 g/mol. The van der Waals surface area contributed by atoms with E-state index in [9.17, 15) is 13.2 Å². The highest BCUT2D eigenvalue weighted by Gasteiger charge is 2.20. The van der Waals surface area contributed by atoms with Gasteiger partial charge in [0.1, 0.15) is 11.9 Å². The van der Waals surface area contributed by atoms with Gasteiger partial charge in [0.05, 0.1) is 13.2 Å². The number of rotatable bonds is 9. The van der Waals surface area contributed by atoms with E-state index in [1.807, 2.05) is 0 Å². The van der Waals surface area contributed by atoms with Gasteiger partial charge >= 0.3 is 0 Å². The highest BCUT2D eigenvalue weighted by atomic mass is 19.2. The van der Waals surface area contributed by atoms with Crippen molar-refractivity contribution < 1.29 is 22.6 Å². The summed E-state index contributed by atoms with van der Waals surface area (Å²) in [6, 6.07) is 14.5. The zero-order valence-electron chi connectivity index (χ0n) is 22.2. The second-order valence-electron chi connectivity index (χ2n) is 9.83. The van der Waals surface area contributed by atoms with Crippen LogP contribution in [0.2, 0.25) is 0 Å². The summed E-state index contributed by atoms with van der Waals surface area (Å²) in [5, 5.41) is 0. The van der Waals surface area contributed by atoms with Crippen molar-refractivity contribution in [2.75, 3.05) is 13.2 Å². The minimum absolute atomic E-state index is 0.106. The highest BCUT2D eigenvalue weighted by Crippen LogP contribution is 2.32. The Hall–Kier alpha value is -3.23. The van der Waals surface area contributed by atoms with Crippen LogP contribution in [0.15, 0.2) is 54.6 Å². The zero-order valence-corrected chi connectivity index (χ0v) is 22.2. The minimum atomic E-state index is -1.02. The summed E-state index contributed by atoms with van der Waals surface area (Å²) >= 11 is 0. The molecule has 0 spiro atoms. The fraction of sp³-hybridized carbons (Fsp3) is 0.394. The molecule has 38 heavy (non-hydrogen) atoms. The summed E-state index contributed by atoms with van der Waals surface area (Å²) in [6.45, 7) is 4.93. The molecule has 5 heteroatoms. The molecule has 200 valence electrons. The van der Waals surface area contributed by atoms with Crippen LogP contribution in [0, 0.1) is 35.2 Å². The normalized spacial score (nSPS) is 17.1. The lowest BCUT2D eigenvalue weighted by atomic mass is 9.93. The standard InChI is InChI=1S/C33H35F3O2/c1-3-5-6-7-8-24-10-17-27(38-22-24)16-9-23-11-18-28(30(34)21-23)25-12-14-26(15-13-25)29-19-20-31(37-4-2)33(36)32(29)35/h11-15,18-21,24,27H,3-8,10,17,22H2,1-2H3. The topological polar surface area (TPSA) is 18.5 Å². The van der Waals surface area contributed by atoms with Crippen molar-refractivity contribution in [3.05, 3.63) is 77.6 Å². The predicted molar refractivity (Wildman–Crippen MR) is 146 cm³/mol. The van der Waals surface area contributed by atoms with Crippen molar-refractivity contribution in [2.45, 2.75) is 64.9 Å². The van der Waals surface area contributed by atoms with E-state index in [-0.39, 0.29) is 29.8 Å². The van der Waals surface area contributed by atoms with E-state index in [0.717, 1.165) is 19.4 Å². The van der Waals surface area contributed by atoms with Gasteiger partial charge in [-0.2, -0.15) is 4.39 Å². The molecule has 0 bridgehead atoms. The molecule has 1 aliphatic rings. The molecule has 0 aliphatic carbocycles. The van der Waals surface area contributed by atoms with Gasteiger partial charge in [-0.3, -0.25) is 0 Å². The summed E-state index contributed by atoms with van der Waals surface area (Å²) in [5.41, 5.74) is 2.27. The van der Waals surface area contributed by atoms with Gasteiger partial charge in [-0.05, 0) is 67.5 Å². The molecule has 1 saturated heterocycles. The fourth-order valence-electron chi connectivity index (χ4n) is 4.85. The minimum Gasteiger partial charge on any atom is -0.491 e. The number of unbranched alkanes of at least 4 members (excludes halogenated alkanes) is 3. The number of halogens is 3. The van der Waals surface area contributed by atoms with Crippen LogP contribution in [0.5, 0.6) is 5.75 Å². The van der Waals surface area contributed by atoms with Crippen molar-refractivity contribution >= 4 is 0 Å². The molecule has 3 aromatic carbocycles. The zero-order chi connectivity index (χ0) is 26.9.